The van der Waals surface area contributed by atoms with Crippen LogP contribution in [0, 0.1) is 17.8 Å². The smallest absolute Gasteiger partial charge is 0.237 e. The van der Waals surface area contributed by atoms with Crippen molar-refractivity contribution in [3.8, 4) is 0 Å². The first-order valence-corrected chi connectivity index (χ1v) is 7.30. The standard InChI is InChI=1S/C14H27N3O/c1-8(2)12(16)14(18)17-13-9-4-3-5-10(13)7-11(15)6-9/h8-13H,3-7,15-16H2,1-2H3,(H,17,18)/t9?,10?,11?,12-,13?/m0/s1. The van der Waals surface area contributed by atoms with Crippen molar-refractivity contribution in [2.45, 2.75) is 64.1 Å². The zero-order valence-corrected chi connectivity index (χ0v) is 11.6. The minimum Gasteiger partial charge on any atom is -0.351 e. The molecule has 5 N–H and O–H groups in total. The molecule has 1 amide bonds. The third-order valence-electron chi connectivity index (χ3n) is 4.71. The van der Waals surface area contributed by atoms with Crippen molar-refractivity contribution >= 4 is 5.91 Å². The maximum atomic E-state index is 12.1. The zero-order chi connectivity index (χ0) is 13.3. The fourth-order valence-corrected chi connectivity index (χ4v) is 3.59. The minimum atomic E-state index is -0.388. The Kier molecular flexibility index (Phi) is 4.28. The Morgan fingerprint density at radius 2 is 1.78 bits per heavy atom. The summed E-state index contributed by atoms with van der Waals surface area (Å²) in [6.45, 7) is 3.98. The van der Waals surface area contributed by atoms with Crippen LogP contribution < -0.4 is 16.8 Å². The van der Waals surface area contributed by atoms with E-state index in [1.54, 1.807) is 0 Å². The molecule has 2 unspecified atom stereocenters. The van der Waals surface area contributed by atoms with E-state index in [2.05, 4.69) is 5.32 Å². The molecule has 0 aromatic heterocycles. The third-order valence-corrected chi connectivity index (χ3v) is 4.71. The number of hydrogen-bond donors (Lipinski definition) is 3. The molecule has 2 aliphatic rings. The van der Waals surface area contributed by atoms with E-state index in [1.807, 2.05) is 13.8 Å². The lowest BCUT2D eigenvalue weighted by Crippen LogP contribution is -2.57. The fraction of sp³-hybridized carbons (Fsp3) is 0.929. The van der Waals surface area contributed by atoms with Crippen molar-refractivity contribution in [2.24, 2.45) is 29.2 Å². The van der Waals surface area contributed by atoms with Gasteiger partial charge in [0.1, 0.15) is 0 Å². The van der Waals surface area contributed by atoms with Gasteiger partial charge in [-0.25, -0.2) is 0 Å². The molecule has 2 rings (SSSR count). The van der Waals surface area contributed by atoms with Crippen LogP contribution in [0.5, 0.6) is 0 Å². The van der Waals surface area contributed by atoms with Gasteiger partial charge in [0.2, 0.25) is 5.91 Å². The normalized spacial score (nSPS) is 37.4. The summed E-state index contributed by atoms with van der Waals surface area (Å²) in [5, 5.41) is 3.20. The third kappa shape index (κ3) is 2.86. The largest absolute Gasteiger partial charge is 0.351 e. The van der Waals surface area contributed by atoms with E-state index < -0.39 is 0 Å². The summed E-state index contributed by atoms with van der Waals surface area (Å²) >= 11 is 0. The highest BCUT2D eigenvalue weighted by Crippen LogP contribution is 2.39. The van der Waals surface area contributed by atoms with Crippen molar-refractivity contribution in [1.82, 2.24) is 5.32 Å². The number of fused-ring (bicyclic) bond motifs is 2. The molecular weight excluding hydrogens is 226 g/mol. The van der Waals surface area contributed by atoms with Crippen LogP contribution in [0.15, 0.2) is 0 Å². The quantitative estimate of drug-likeness (QED) is 0.701. The van der Waals surface area contributed by atoms with Gasteiger partial charge < -0.3 is 16.8 Å². The van der Waals surface area contributed by atoms with Gasteiger partial charge in [-0.05, 0) is 43.4 Å². The lowest BCUT2D eigenvalue weighted by molar-refractivity contribution is -0.125. The second-order valence-electron chi connectivity index (χ2n) is 6.49. The van der Waals surface area contributed by atoms with Crippen molar-refractivity contribution in [1.29, 1.82) is 0 Å². The summed E-state index contributed by atoms with van der Waals surface area (Å²) < 4.78 is 0. The van der Waals surface area contributed by atoms with Gasteiger partial charge >= 0.3 is 0 Å². The molecule has 3 atom stereocenters. The molecule has 4 nitrogen and oxygen atoms in total. The molecule has 0 radical (unpaired) electrons. The van der Waals surface area contributed by atoms with Crippen LogP contribution in [0.3, 0.4) is 0 Å². The molecular formula is C14H27N3O. The molecule has 104 valence electrons. The van der Waals surface area contributed by atoms with Crippen molar-refractivity contribution in [2.75, 3.05) is 0 Å². The summed E-state index contributed by atoms with van der Waals surface area (Å²) in [7, 11) is 0. The van der Waals surface area contributed by atoms with Crippen LogP contribution in [-0.4, -0.2) is 24.0 Å². The lowest BCUT2D eigenvalue weighted by Gasteiger charge is -2.45. The Hall–Kier alpha value is -0.610. The first kappa shape index (κ1) is 13.8. The summed E-state index contributed by atoms with van der Waals surface area (Å²) in [4.78, 5) is 12.1. The number of rotatable bonds is 3. The number of nitrogens with two attached hydrogens (primary N) is 2. The van der Waals surface area contributed by atoms with Crippen molar-refractivity contribution in [3.63, 3.8) is 0 Å². The summed E-state index contributed by atoms with van der Waals surface area (Å²) in [5.41, 5.74) is 12.0. The Labute approximate surface area is 110 Å². The highest BCUT2D eigenvalue weighted by Gasteiger charge is 2.40. The van der Waals surface area contributed by atoms with Crippen LogP contribution in [0.4, 0.5) is 0 Å². The molecule has 0 heterocycles. The van der Waals surface area contributed by atoms with Gasteiger partial charge in [-0.3, -0.25) is 4.79 Å². The van der Waals surface area contributed by atoms with Gasteiger partial charge in [0.05, 0.1) is 6.04 Å². The number of carbonyl (C=O) groups excluding carboxylic acids is 1. The number of nitrogens with one attached hydrogen (secondary N) is 1. The number of amides is 1. The highest BCUT2D eigenvalue weighted by molar-refractivity contribution is 5.82. The maximum Gasteiger partial charge on any atom is 0.237 e. The maximum absolute atomic E-state index is 12.1. The van der Waals surface area contributed by atoms with E-state index in [4.69, 9.17) is 11.5 Å². The zero-order valence-electron chi connectivity index (χ0n) is 11.6. The molecule has 2 aliphatic carbocycles. The molecule has 2 bridgehead atoms. The van der Waals surface area contributed by atoms with Crippen LogP contribution in [0.2, 0.25) is 0 Å². The Morgan fingerprint density at radius 3 is 2.28 bits per heavy atom. The predicted molar refractivity (Wildman–Crippen MR) is 72.8 cm³/mol. The van der Waals surface area contributed by atoms with E-state index in [1.165, 1.54) is 19.3 Å². The molecule has 0 saturated heterocycles. The molecule has 0 aromatic rings. The SMILES string of the molecule is CC(C)[C@H](N)C(=O)NC1C2CCCC1CC(N)C2. The second-order valence-corrected chi connectivity index (χ2v) is 6.49. The molecule has 0 aromatic carbocycles. The summed E-state index contributed by atoms with van der Waals surface area (Å²) in [6.07, 6.45) is 5.79. The van der Waals surface area contributed by atoms with Crippen LogP contribution in [0.25, 0.3) is 0 Å². The van der Waals surface area contributed by atoms with Gasteiger partial charge in [0.25, 0.3) is 0 Å². The molecule has 0 aliphatic heterocycles. The van der Waals surface area contributed by atoms with Crippen molar-refractivity contribution < 1.29 is 4.79 Å². The van der Waals surface area contributed by atoms with Crippen LogP contribution >= 0.6 is 0 Å². The van der Waals surface area contributed by atoms with Gasteiger partial charge in [-0.2, -0.15) is 0 Å². The van der Waals surface area contributed by atoms with E-state index in [0.29, 0.717) is 23.9 Å². The first-order valence-electron chi connectivity index (χ1n) is 7.30. The lowest BCUT2D eigenvalue weighted by atomic mass is 9.67. The predicted octanol–water partition coefficient (Wildman–Crippen LogP) is 0.992. The number of carbonyl (C=O) groups is 1. The molecule has 2 saturated carbocycles. The van der Waals surface area contributed by atoms with E-state index in [-0.39, 0.29) is 17.9 Å². The van der Waals surface area contributed by atoms with Gasteiger partial charge in [0.15, 0.2) is 0 Å². The topological polar surface area (TPSA) is 81.1 Å². The number of hydrogen-bond acceptors (Lipinski definition) is 3. The van der Waals surface area contributed by atoms with Crippen molar-refractivity contribution in [3.05, 3.63) is 0 Å². The van der Waals surface area contributed by atoms with E-state index in [9.17, 15) is 4.79 Å². The summed E-state index contributed by atoms with van der Waals surface area (Å²) in [6, 6.07) is 0.254. The van der Waals surface area contributed by atoms with Crippen LogP contribution in [0.1, 0.15) is 46.0 Å². The monoisotopic (exact) mass is 253 g/mol. The summed E-state index contributed by atoms with van der Waals surface area (Å²) in [5.74, 6) is 1.34. The average Bonchev–Trinajstić information content (AvgIpc) is 2.29. The van der Waals surface area contributed by atoms with Gasteiger partial charge in [0, 0.05) is 12.1 Å². The molecule has 0 spiro atoms. The van der Waals surface area contributed by atoms with Crippen LogP contribution in [-0.2, 0) is 4.79 Å². The average molecular weight is 253 g/mol. The Balaban J connectivity index is 1.98. The first-order chi connectivity index (χ1) is 8.49. The minimum absolute atomic E-state index is 0.0161. The van der Waals surface area contributed by atoms with E-state index >= 15 is 0 Å². The van der Waals surface area contributed by atoms with Gasteiger partial charge in [-0.15, -0.1) is 0 Å². The fourth-order valence-electron chi connectivity index (χ4n) is 3.59. The van der Waals surface area contributed by atoms with E-state index in [0.717, 1.165) is 12.8 Å². The molecule has 4 heteroatoms. The Bertz CT molecular complexity index is 291. The van der Waals surface area contributed by atoms with Gasteiger partial charge in [-0.1, -0.05) is 20.3 Å². The molecule has 2 fully saturated rings. The Morgan fingerprint density at radius 1 is 1.22 bits per heavy atom. The highest BCUT2D eigenvalue weighted by atomic mass is 16.2. The second kappa shape index (κ2) is 5.57. The molecule has 18 heavy (non-hydrogen) atoms.